The molecule has 0 unspecified atom stereocenters. The van der Waals surface area contributed by atoms with Gasteiger partial charge in [0.05, 0.1) is 17.6 Å². The van der Waals surface area contributed by atoms with Crippen LogP contribution in [0, 0.1) is 0 Å². The lowest BCUT2D eigenvalue weighted by atomic mass is 10.2. The van der Waals surface area contributed by atoms with Crippen LogP contribution >= 0.6 is 0 Å². The molecule has 6 nitrogen and oxygen atoms in total. The van der Waals surface area contributed by atoms with E-state index in [0.717, 1.165) is 23.5 Å². The Bertz CT molecular complexity index is 624. The van der Waals surface area contributed by atoms with Crippen molar-refractivity contribution in [2.75, 3.05) is 30.9 Å². The van der Waals surface area contributed by atoms with Gasteiger partial charge in [0.15, 0.2) is 11.5 Å². The van der Waals surface area contributed by atoms with Crippen molar-refractivity contribution in [2.24, 2.45) is 7.05 Å². The summed E-state index contributed by atoms with van der Waals surface area (Å²) >= 11 is 0. The first-order valence-electron chi connectivity index (χ1n) is 6.51. The molecule has 0 atom stereocenters. The molecule has 2 aromatic rings. The smallest absolute Gasteiger partial charge is 0.163 e. The maximum absolute atomic E-state index is 6.11. The molecule has 1 aliphatic heterocycles. The summed E-state index contributed by atoms with van der Waals surface area (Å²) in [5, 5.41) is 4.17. The topological polar surface area (TPSA) is 65.5 Å². The van der Waals surface area contributed by atoms with Gasteiger partial charge in [-0.05, 0) is 0 Å². The molecule has 3 rings (SSSR count). The maximum atomic E-state index is 6.11. The zero-order chi connectivity index (χ0) is 14.1. The van der Waals surface area contributed by atoms with E-state index >= 15 is 0 Å². The van der Waals surface area contributed by atoms with Crippen molar-refractivity contribution in [3.63, 3.8) is 0 Å². The molecular formula is C14H18N4O2. The minimum atomic E-state index is 0.567. The summed E-state index contributed by atoms with van der Waals surface area (Å²) in [6, 6.07) is 3.75. The lowest BCUT2D eigenvalue weighted by Gasteiger charge is -2.24. The van der Waals surface area contributed by atoms with E-state index in [1.165, 1.54) is 0 Å². The van der Waals surface area contributed by atoms with Crippen molar-refractivity contribution in [2.45, 2.75) is 6.54 Å². The monoisotopic (exact) mass is 274 g/mol. The molecule has 0 bridgehead atoms. The Morgan fingerprint density at radius 1 is 1.30 bits per heavy atom. The van der Waals surface area contributed by atoms with E-state index in [0.29, 0.717) is 24.7 Å². The third-order valence-corrected chi connectivity index (χ3v) is 3.28. The van der Waals surface area contributed by atoms with Crippen LogP contribution in [0.4, 0.5) is 11.4 Å². The fourth-order valence-electron chi connectivity index (χ4n) is 2.34. The maximum Gasteiger partial charge on any atom is 0.163 e. The minimum Gasteiger partial charge on any atom is -0.486 e. The van der Waals surface area contributed by atoms with Crippen LogP contribution in [0.25, 0.3) is 0 Å². The zero-order valence-electron chi connectivity index (χ0n) is 11.7. The summed E-state index contributed by atoms with van der Waals surface area (Å²) in [7, 11) is 3.90. The van der Waals surface area contributed by atoms with Gasteiger partial charge in [-0.2, -0.15) is 5.10 Å². The Hall–Kier alpha value is -2.37. The fraction of sp³-hybridized carbons (Fsp3) is 0.357. The highest BCUT2D eigenvalue weighted by Crippen LogP contribution is 2.38. The van der Waals surface area contributed by atoms with Crippen molar-refractivity contribution >= 4 is 11.4 Å². The molecule has 1 aromatic heterocycles. The van der Waals surface area contributed by atoms with E-state index in [-0.39, 0.29) is 0 Å². The number of aryl methyl sites for hydroxylation is 1. The number of nitrogen functional groups attached to an aromatic ring is 1. The number of nitrogens with two attached hydrogens (primary N) is 1. The SMILES string of the molecule is CN(Cc1cnn(C)c1)c1cc2c(cc1N)OCCO2. The second-order valence-corrected chi connectivity index (χ2v) is 4.93. The molecule has 0 radical (unpaired) electrons. The quantitative estimate of drug-likeness (QED) is 0.857. The molecule has 20 heavy (non-hydrogen) atoms. The van der Waals surface area contributed by atoms with E-state index < -0.39 is 0 Å². The van der Waals surface area contributed by atoms with Gasteiger partial charge in [0.25, 0.3) is 0 Å². The van der Waals surface area contributed by atoms with Crippen LogP contribution in [0.3, 0.4) is 0 Å². The van der Waals surface area contributed by atoms with Crippen LogP contribution in [0.15, 0.2) is 24.5 Å². The summed E-state index contributed by atoms with van der Waals surface area (Å²) < 4.78 is 12.9. The van der Waals surface area contributed by atoms with Crippen LogP contribution in [0.2, 0.25) is 0 Å². The number of aromatic nitrogens is 2. The standard InChI is InChI=1S/C14H18N4O2/c1-17(8-10-7-16-18(2)9-10)12-6-14-13(5-11(12)15)19-3-4-20-14/h5-7,9H,3-4,8,15H2,1-2H3. The first-order chi connectivity index (χ1) is 9.63. The molecule has 2 heterocycles. The number of benzene rings is 1. The Labute approximate surface area is 117 Å². The molecule has 0 amide bonds. The van der Waals surface area contributed by atoms with Gasteiger partial charge in [-0.1, -0.05) is 0 Å². The van der Waals surface area contributed by atoms with Crippen molar-refractivity contribution in [1.82, 2.24) is 9.78 Å². The summed E-state index contributed by atoms with van der Waals surface area (Å²) in [5.41, 5.74) is 8.85. The second kappa shape index (κ2) is 4.96. The van der Waals surface area contributed by atoms with Gasteiger partial charge in [-0.25, -0.2) is 0 Å². The molecule has 0 spiro atoms. The highest BCUT2D eigenvalue weighted by Gasteiger charge is 2.16. The fourth-order valence-corrected chi connectivity index (χ4v) is 2.34. The van der Waals surface area contributed by atoms with Crippen LogP contribution < -0.4 is 20.1 Å². The molecule has 106 valence electrons. The summed E-state index contributed by atoms with van der Waals surface area (Å²) in [4.78, 5) is 2.07. The second-order valence-electron chi connectivity index (χ2n) is 4.93. The van der Waals surface area contributed by atoms with Gasteiger partial charge in [0, 0.05) is 44.5 Å². The Kier molecular flexibility index (Phi) is 3.14. The number of fused-ring (bicyclic) bond motifs is 1. The van der Waals surface area contributed by atoms with Crippen molar-refractivity contribution in [1.29, 1.82) is 0 Å². The predicted molar refractivity (Wildman–Crippen MR) is 77.2 cm³/mol. The molecule has 0 aliphatic carbocycles. The Balaban J connectivity index is 1.85. The number of anilines is 2. The summed E-state index contributed by atoms with van der Waals surface area (Å²) in [6.07, 6.45) is 3.84. The zero-order valence-corrected chi connectivity index (χ0v) is 11.7. The Morgan fingerprint density at radius 2 is 2.00 bits per heavy atom. The van der Waals surface area contributed by atoms with Gasteiger partial charge in [0.2, 0.25) is 0 Å². The lowest BCUT2D eigenvalue weighted by molar-refractivity contribution is 0.172. The van der Waals surface area contributed by atoms with E-state index in [2.05, 4.69) is 10.00 Å². The molecule has 0 saturated heterocycles. The molecular weight excluding hydrogens is 256 g/mol. The Morgan fingerprint density at radius 3 is 2.65 bits per heavy atom. The summed E-state index contributed by atoms with van der Waals surface area (Å²) in [5.74, 6) is 1.46. The van der Waals surface area contributed by atoms with Crippen LogP contribution in [0.5, 0.6) is 11.5 Å². The van der Waals surface area contributed by atoms with Gasteiger partial charge < -0.3 is 20.1 Å². The highest BCUT2D eigenvalue weighted by atomic mass is 16.6. The molecule has 0 fully saturated rings. The van der Waals surface area contributed by atoms with Gasteiger partial charge in [-0.15, -0.1) is 0 Å². The number of rotatable bonds is 3. The van der Waals surface area contributed by atoms with Gasteiger partial charge in [-0.3, -0.25) is 4.68 Å². The van der Waals surface area contributed by atoms with Gasteiger partial charge >= 0.3 is 0 Å². The molecule has 6 heteroatoms. The van der Waals surface area contributed by atoms with Crippen LogP contribution in [0.1, 0.15) is 5.56 Å². The van der Waals surface area contributed by atoms with E-state index in [1.54, 1.807) is 4.68 Å². The molecule has 1 aromatic carbocycles. The minimum absolute atomic E-state index is 0.567. The first-order valence-corrected chi connectivity index (χ1v) is 6.51. The largest absolute Gasteiger partial charge is 0.486 e. The van der Waals surface area contributed by atoms with Gasteiger partial charge in [0.1, 0.15) is 13.2 Å². The first kappa shape index (κ1) is 12.7. The lowest BCUT2D eigenvalue weighted by Crippen LogP contribution is -2.20. The van der Waals surface area contributed by atoms with Crippen LogP contribution in [-0.2, 0) is 13.6 Å². The predicted octanol–water partition coefficient (Wildman–Crippen LogP) is 1.41. The number of ether oxygens (including phenoxy) is 2. The molecule has 1 aliphatic rings. The third kappa shape index (κ3) is 2.36. The van der Waals surface area contributed by atoms with Crippen molar-refractivity contribution < 1.29 is 9.47 Å². The number of hydrogen-bond donors (Lipinski definition) is 1. The van der Waals surface area contributed by atoms with E-state index in [4.69, 9.17) is 15.2 Å². The normalized spacial score (nSPS) is 13.3. The average molecular weight is 274 g/mol. The average Bonchev–Trinajstić information content (AvgIpc) is 2.83. The number of hydrogen-bond acceptors (Lipinski definition) is 5. The number of nitrogens with zero attached hydrogens (tertiary/aromatic N) is 3. The van der Waals surface area contributed by atoms with Crippen molar-refractivity contribution in [3.8, 4) is 11.5 Å². The van der Waals surface area contributed by atoms with E-state index in [1.807, 2.05) is 38.6 Å². The molecule has 2 N–H and O–H groups in total. The van der Waals surface area contributed by atoms with Crippen molar-refractivity contribution in [3.05, 3.63) is 30.1 Å². The van der Waals surface area contributed by atoms with Crippen LogP contribution in [-0.4, -0.2) is 30.0 Å². The van der Waals surface area contributed by atoms with E-state index in [9.17, 15) is 0 Å². The summed E-state index contributed by atoms with van der Waals surface area (Å²) in [6.45, 7) is 1.87. The third-order valence-electron chi connectivity index (χ3n) is 3.28. The molecule has 0 saturated carbocycles. The highest BCUT2D eigenvalue weighted by molar-refractivity contribution is 5.73.